The third-order valence-corrected chi connectivity index (χ3v) is 5.73. The molecule has 156 valence electrons. The maximum atomic E-state index is 5.48. The molecule has 2 N–H and O–H groups in total. The van der Waals surface area contributed by atoms with Crippen molar-refractivity contribution in [2.24, 2.45) is 4.99 Å². The van der Waals surface area contributed by atoms with Gasteiger partial charge in [-0.15, -0.1) is 0 Å². The first-order valence-electron chi connectivity index (χ1n) is 10.6. The number of morpholine rings is 1. The van der Waals surface area contributed by atoms with Crippen LogP contribution < -0.4 is 15.5 Å². The number of piperidine rings is 1. The number of aliphatic imine (C=N–C) groups is 1. The number of aromatic nitrogens is 1. The highest BCUT2D eigenvalue weighted by molar-refractivity contribution is 5.79. The Morgan fingerprint density at radius 1 is 1.14 bits per heavy atom. The Morgan fingerprint density at radius 2 is 1.89 bits per heavy atom. The van der Waals surface area contributed by atoms with Gasteiger partial charge >= 0.3 is 0 Å². The minimum atomic E-state index is 0.0551. The van der Waals surface area contributed by atoms with Crippen molar-refractivity contribution in [3.63, 3.8) is 0 Å². The Bertz CT molecular complexity index is 636. The number of hydrogen-bond donors (Lipinski definition) is 2. The number of nitrogens with one attached hydrogen (secondary N) is 2. The Labute approximate surface area is 169 Å². The minimum absolute atomic E-state index is 0.0551. The van der Waals surface area contributed by atoms with Crippen molar-refractivity contribution < 1.29 is 4.74 Å². The van der Waals surface area contributed by atoms with E-state index in [1.54, 1.807) is 0 Å². The number of anilines is 1. The zero-order valence-electron chi connectivity index (χ0n) is 17.7. The van der Waals surface area contributed by atoms with E-state index in [9.17, 15) is 0 Å². The summed E-state index contributed by atoms with van der Waals surface area (Å²) >= 11 is 0. The van der Waals surface area contributed by atoms with Gasteiger partial charge in [0.1, 0.15) is 5.82 Å². The van der Waals surface area contributed by atoms with Crippen LogP contribution in [0.1, 0.15) is 38.7 Å². The molecule has 0 atom stereocenters. The number of ether oxygens (including phenoxy) is 1. The van der Waals surface area contributed by atoms with Crippen LogP contribution >= 0.6 is 0 Å². The van der Waals surface area contributed by atoms with Gasteiger partial charge in [-0.3, -0.25) is 9.89 Å². The predicted octanol–water partition coefficient (Wildman–Crippen LogP) is 1.85. The Balaban J connectivity index is 1.50. The Kier molecular flexibility index (Phi) is 7.50. The number of hydrogen-bond acceptors (Lipinski definition) is 5. The Hall–Kier alpha value is -1.86. The molecule has 1 aromatic rings. The lowest BCUT2D eigenvalue weighted by Crippen LogP contribution is -2.56. The highest BCUT2D eigenvalue weighted by atomic mass is 16.5. The zero-order valence-corrected chi connectivity index (χ0v) is 17.7. The van der Waals surface area contributed by atoms with Crippen LogP contribution in [0.5, 0.6) is 0 Å². The van der Waals surface area contributed by atoms with E-state index in [2.05, 4.69) is 56.4 Å². The van der Waals surface area contributed by atoms with E-state index in [0.717, 1.165) is 64.3 Å². The van der Waals surface area contributed by atoms with Gasteiger partial charge in [-0.2, -0.15) is 0 Å². The standard InChI is InChI=1S/C21H36N6O/c1-21(2,27-11-13-28-14-12-27)17-25-20(22-3)24-16-18-7-8-23-19(15-18)26-9-5-4-6-10-26/h7-8,15H,4-6,9-14,16-17H2,1-3H3,(H2,22,24,25). The maximum Gasteiger partial charge on any atom is 0.191 e. The smallest absolute Gasteiger partial charge is 0.191 e. The molecule has 2 aliphatic rings. The molecule has 0 amide bonds. The molecular formula is C21H36N6O. The van der Waals surface area contributed by atoms with Crippen molar-refractivity contribution in [2.75, 3.05) is 57.9 Å². The predicted molar refractivity (Wildman–Crippen MR) is 115 cm³/mol. The number of pyridine rings is 1. The molecule has 7 heteroatoms. The van der Waals surface area contributed by atoms with Gasteiger partial charge in [-0.05, 0) is 50.8 Å². The van der Waals surface area contributed by atoms with Crippen molar-refractivity contribution in [3.05, 3.63) is 23.9 Å². The minimum Gasteiger partial charge on any atom is -0.379 e. The first kappa shape index (κ1) is 20.9. The van der Waals surface area contributed by atoms with Crippen LogP contribution in [0.4, 0.5) is 5.82 Å². The summed E-state index contributed by atoms with van der Waals surface area (Å²) in [5, 5.41) is 6.93. The second-order valence-corrected chi connectivity index (χ2v) is 8.26. The summed E-state index contributed by atoms with van der Waals surface area (Å²) in [4.78, 5) is 13.8. The van der Waals surface area contributed by atoms with Crippen molar-refractivity contribution >= 4 is 11.8 Å². The molecule has 28 heavy (non-hydrogen) atoms. The summed E-state index contributed by atoms with van der Waals surface area (Å²) in [6.07, 6.45) is 5.78. The summed E-state index contributed by atoms with van der Waals surface area (Å²) in [5.41, 5.74) is 1.28. The van der Waals surface area contributed by atoms with Crippen LogP contribution in [-0.2, 0) is 11.3 Å². The third kappa shape index (κ3) is 5.82. The summed E-state index contributed by atoms with van der Waals surface area (Å²) in [5.74, 6) is 1.92. The van der Waals surface area contributed by atoms with Crippen molar-refractivity contribution in [3.8, 4) is 0 Å². The topological polar surface area (TPSA) is 65.0 Å². The molecule has 0 spiro atoms. The third-order valence-electron chi connectivity index (χ3n) is 5.73. The number of rotatable bonds is 6. The lowest BCUT2D eigenvalue weighted by molar-refractivity contribution is -0.00834. The molecule has 2 aliphatic heterocycles. The lowest BCUT2D eigenvalue weighted by Gasteiger charge is -2.41. The Morgan fingerprint density at radius 3 is 2.61 bits per heavy atom. The average molecular weight is 389 g/mol. The van der Waals surface area contributed by atoms with Gasteiger partial charge in [0.15, 0.2) is 5.96 Å². The lowest BCUT2D eigenvalue weighted by atomic mass is 10.0. The van der Waals surface area contributed by atoms with Crippen molar-refractivity contribution in [2.45, 2.75) is 45.2 Å². The number of nitrogens with zero attached hydrogens (tertiary/aromatic N) is 4. The van der Waals surface area contributed by atoms with E-state index in [-0.39, 0.29) is 5.54 Å². The first-order valence-corrected chi connectivity index (χ1v) is 10.6. The largest absolute Gasteiger partial charge is 0.379 e. The van der Waals surface area contributed by atoms with Crippen molar-refractivity contribution in [1.82, 2.24) is 20.5 Å². The molecular weight excluding hydrogens is 352 g/mol. The number of guanidine groups is 1. The molecule has 0 bridgehead atoms. The van der Waals surface area contributed by atoms with Gasteiger partial charge in [0.25, 0.3) is 0 Å². The maximum absolute atomic E-state index is 5.48. The van der Waals surface area contributed by atoms with E-state index in [0.29, 0.717) is 0 Å². The van der Waals surface area contributed by atoms with Gasteiger partial charge in [0, 0.05) is 58.1 Å². The second kappa shape index (κ2) is 10.1. The molecule has 3 rings (SSSR count). The fourth-order valence-electron chi connectivity index (χ4n) is 3.85. The summed E-state index contributed by atoms with van der Waals surface area (Å²) in [6, 6.07) is 4.27. The molecule has 0 saturated carbocycles. The highest BCUT2D eigenvalue weighted by Crippen LogP contribution is 2.18. The molecule has 3 heterocycles. The van der Waals surface area contributed by atoms with E-state index in [4.69, 9.17) is 4.74 Å². The molecule has 0 radical (unpaired) electrons. The fraction of sp³-hybridized carbons (Fsp3) is 0.714. The van der Waals surface area contributed by atoms with Gasteiger partial charge in [-0.1, -0.05) is 0 Å². The average Bonchev–Trinajstić information content (AvgIpc) is 2.75. The highest BCUT2D eigenvalue weighted by Gasteiger charge is 2.28. The van der Waals surface area contributed by atoms with E-state index < -0.39 is 0 Å². The zero-order chi connectivity index (χ0) is 19.8. The quantitative estimate of drug-likeness (QED) is 0.573. The SMILES string of the molecule is CN=C(NCc1ccnc(N2CCCCC2)c1)NCC(C)(C)N1CCOCC1. The first-order chi connectivity index (χ1) is 13.6. The molecule has 2 saturated heterocycles. The van der Waals surface area contributed by atoms with E-state index in [1.807, 2.05) is 13.2 Å². The van der Waals surface area contributed by atoms with Crippen molar-refractivity contribution in [1.29, 1.82) is 0 Å². The van der Waals surface area contributed by atoms with Crippen LogP contribution in [-0.4, -0.2) is 74.4 Å². The molecule has 0 aromatic carbocycles. The molecule has 0 unspecified atom stereocenters. The second-order valence-electron chi connectivity index (χ2n) is 8.26. The fourth-order valence-corrected chi connectivity index (χ4v) is 3.85. The van der Waals surface area contributed by atoms with Gasteiger partial charge in [0.05, 0.1) is 13.2 Å². The van der Waals surface area contributed by atoms with Gasteiger partial charge < -0.3 is 20.3 Å². The van der Waals surface area contributed by atoms with Crippen LogP contribution in [0.2, 0.25) is 0 Å². The van der Waals surface area contributed by atoms with Crippen LogP contribution in [0.15, 0.2) is 23.3 Å². The van der Waals surface area contributed by atoms with E-state index >= 15 is 0 Å². The normalized spacial score (nSPS) is 19.5. The molecule has 2 fully saturated rings. The van der Waals surface area contributed by atoms with Gasteiger partial charge in [-0.25, -0.2) is 4.98 Å². The molecule has 7 nitrogen and oxygen atoms in total. The van der Waals surface area contributed by atoms with Crippen LogP contribution in [0, 0.1) is 0 Å². The monoisotopic (exact) mass is 388 g/mol. The summed E-state index contributed by atoms with van der Waals surface area (Å²) in [7, 11) is 1.82. The molecule has 1 aromatic heterocycles. The molecule has 0 aliphatic carbocycles. The summed E-state index contributed by atoms with van der Waals surface area (Å²) < 4.78 is 5.48. The van der Waals surface area contributed by atoms with Crippen LogP contribution in [0.3, 0.4) is 0 Å². The van der Waals surface area contributed by atoms with E-state index in [1.165, 1.54) is 24.8 Å². The van der Waals surface area contributed by atoms with Gasteiger partial charge in [0.2, 0.25) is 0 Å². The van der Waals surface area contributed by atoms with Crippen LogP contribution in [0.25, 0.3) is 0 Å². The summed E-state index contributed by atoms with van der Waals surface area (Å²) in [6.45, 7) is 11.9.